The van der Waals surface area contributed by atoms with Gasteiger partial charge in [0, 0.05) is 17.3 Å². The molecule has 4 heteroatoms. The normalized spacial score (nSPS) is 18.0. The molecule has 1 heterocycles. The number of aromatic nitrogens is 3. The molecule has 0 radical (unpaired) electrons. The molecule has 0 spiro atoms. The molecule has 16 heavy (non-hydrogen) atoms. The van der Waals surface area contributed by atoms with Gasteiger partial charge in [-0.05, 0) is 45.4 Å². The molecule has 1 aliphatic rings. The van der Waals surface area contributed by atoms with Gasteiger partial charge < -0.3 is 0 Å². The Balaban J connectivity index is 1.77. The van der Waals surface area contributed by atoms with E-state index in [1.165, 1.54) is 25.7 Å². The number of hydrogen-bond donors (Lipinski definition) is 0. The summed E-state index contributed by atoms with van der Waals surface area (Å²) in [5.74, 6) is 2.08. The first-order chi connectivity index (χ1) is 7.68. The maximum atomic E-state index is 4.33. The highest BCUT2D eigenvalue weighted by molar-refractivity contribution is 9.09. The number of nitrogens with zero attached hydrogens (tertiary/aromatic N) is 3. The smallest absolute Gasteiger partial charge is 0.138 e. The molecular formula is C12H20BrN3. The van der Waals surface area contributed by atoms with E-state index in [1.54, 1.807) is 6.33 Å². The van der Waals surface area contributed by atoms with Crippen LogP contribution < -0.4 is 0 Å². The lowest BCUT2D eigenvalue weighted by Crippen LogP contribution is -2.09. The van der Waals surface area contributed by atoms with Crippen LogP contribution in [0.3, 0.4) is 0 Å². The minimum absolute atomic E-state index is 0.417. The third-order valence-corrected chi connectivity index (χ3v) is 4.36. The Bertz CT molecular complexity index is 331. The third kappa shape index (κ3) is 3.06. The zero-order chi connectivity index (χ0) is 11.5. The van der Waals surface area contributed by atoms with Crippen LogP contribution in [0.5, 0.6) is 0 Å². The van der Waals surface area contributed by atoms with Crippen LogP contribution in [-0.4, -0.2) is 19.6 Å². The lowest BCUT2D eigenvalue weighted by Gasteiger charge is -2.10. The molecule has 1 fully saturated rings. The van der Waals surface area contributed by atoms with Crippen molar-refractivity contribution in [2.24, 2.45) is 5.92 Å². The van der Waals surface area contributed by atoms with Crippen molar-refractivity contribution in [2.75, 3.05) is 0 Å². The third-order valence-electron chi connectivity index (χ3n) is 3.15. The standard InChI is InChI=1S/C12H20BrN3/c1-9(2)16-12(14-8-15-16)5-3-4-11(13)10-6-7-10/h8-11H,3-7H2,1-2H3. The fraction of sp³-hybridized carbons (Fsp3) is 0.833. The quantitative estimate of drug-likeness (QED) is 0.751. The van der Waals surface area contributed by atoms with E-state index in [0.29, 0.717) is 6.04 Å². The van der Waals surface area contributed by atoms with Gasteiger partial charge in [0.15, 0.2) is 0 Å². The van der Waals surface area contributed by atoms with E-state index in [9.17, 15) is 0 Å². The molecule has 1 unspecified atom stereocenters. The van der Waals surface area contributed by atoms with Crippen molar-refractivity contribution in [2.45, 2.75) is 56.8 Å². The summed E-state index contributed by atoms with van der Waals surface area (Å²) in [5.41, 5.74) is 0. The molecule has 1 atom stereocenters. The maximum Gasteiger partial charge on any atom is 0.138 e. The van der Waals surface area contributed by atoms with Crippen LogP contribution in [0.4, 0.5) is 0 Å². The molecule has 1 aliphatic carbocycles. The number of halogens is 1. The van der Waals surface area contributed by atoms with Gasteiger partial charge in [0.05, 0.1) is 0 Å². The zero-order valence-corrected chi connectivity index (χ0v) is 11.7. The molecule has 0 saturated heterocycles. The second-order valence-electron chi connectivity index (χ2n) is 4.96. The summed E-state index contributed by atoms with van der Waals surface area (Å²) in [7, 11) is 0. The van der Waals surface area contributed by atoms with Crippen LogP contribution in [0.25, 0.3) is 0 Å². The van der Waals surface area contributed by atoms with Gasteiger partial charge >= 0.3 is 0 Å². The molecule has 0 amide bonds. The van der Waals surface area contributed by atoms with Crippen molar-refractivity contribution in [3.8, 4) is 0 Å². The fourth-order valence-corrected chi connectivity index (χ4v) is 2.89. The Morgan fingerprint density at radius 1 is 1.50 bits per heavy atom. The molecule has 1 saturated carbocycles. The molecule has 90 valence electrons. The van der Waals surface area contributed by atoms with Crippen molar-refractivity contribution < 1.29 is 0 Å². The SMILES string of the molecule is CC(C)n1ncnc1CCCC(Br)C1CC1. The van der Waals surface area contributed by atoms with Crippen molar-refractivity contribution in [3.63, 3.8) is 0 Å². The second-order valence-corrected chi connectivity index (χ2v) is 6.14. The molecule has 2 rings (SSSR count). The summed E-state index contributed by atoms with van der Waals surface area (Å²) in [6, 6.07) is 0.417. The Kier molecular flexibility index (Phi) is 4.00. The van der Waals surface area contributed by atoms with Crippen LogP contribution in [0, 0.1) is 5.92 Å². The van der Waals surface area contributed by atoms with Gasteiger partial charge in [-0.1, -0.05) is 15.9 Å². The van der Waals surface area contributed by atoms with E-state index in [4.69, 9.17) is 0 Å². The lowest BCUT2D eigenvalue weighted by molar-refractivity contribution is 0.496. The summed E-state index contributed by atoms with van der Waals surface area (Å²) in [5, 5.41) is 4.25. The van der Waals surface area contributed by atoms with Gasteiger partial charge in [-0.15, -0.1) is 0 Å². The molecule has 0 N–H and O–H groups in total. The number of hydrogen-bond acceptors (Lipinski definition) is 2. The number of alkyl halides is 1. The van der Waals surface area contributed by atoms with Crippen LogP contribution in [0.2, 0.25) is 0 Å². The monoisotopic (exact) mass is 285 g/mol. The van der Waals surface area contributed by atoms with Crippen LogP contribution >= 0.6 is 15.9 Å². The summed E-state index contributed by atoms with van der Waals surface area (Å²) in [4.78, 5) is 5.06. The molecular weight excluding hydrogens is 266 g/mol. The summed E-state index contributed by atoms with van der Waals surface area (Å²) in [6.45, 7) is 4.30. The molecule has 0 aliphatic heterocycles. The first kappa shape index (κ1) is 12.1. The molecule has 1 aromatic rings. The van der Waals surface area contributed by atoms with Gasteiger partial charge in [-0.2, -0.15) is 5.10 Å². The average Bonchev–Trinajstić information content (AvgIpc) is 2.98. The first-order valence-corrected chi connectivity index (χ1v) is 7.12. The van der Waals surface area contributed by atoms with Gasteiger partial charge in [0.2, 0.25) is 0 Å². The highest BCUT2D eigenvalue weighted by Gasteiger charge is 2.28. The Labute approximate surface area is 106 Å². The minimum Gasteiger partial charge on any atom is -0.248 e. The van der Waals surface area contributed by atoms with E-state index in [2.05, 4.69) is 39.9 Å². The van der Waals surface area contributed by atoms with Crippen molar-refractivity contribution >= 4 is 15.9 Å². The van der Waals surface area contributed by atoms with Gasteiger partial charge in [-0.25, -0.2) is 9.67 Å². The topological polar surface area (TPSA) is 30.7 Å². The minimum atomic E-state index is 0.417. The van der Waals surface area contributed by atoms with Gasteiger partial charge in [0.25, 0.3) is 0 Å². The van der Waals surface area contributed by atoms with Gasteiger partial charge in [0.1, 0.15) is 12.2 Å². The Morgan fingerprint density at radius 3 is 2.88 bits per heavy atom. The molecule has 1 aromatic heterocycles. The van der Waals surface area contributed by atoms with Crippen LogP contribution in [0.1, 0.15) is 51.4 Å². The highest BCUT2D eigenvalue weighted by atomic mass is 79.9. The molecule has 0 aromatic carbocycles. The summed E-state index contributed by atoms with van der Waals surface area (Å²) >= 11 is 3.77. The second kappa shape index (κ2) is 5.30. The zero-order valence-electron chi connectivity index (χ0n) is 10.1. The van der Waals surface area contributed by atoms with Crippen molar-refractivity contribution in [1.29, 1.82) is 0 Å². The Morgan fingerprint density at radius 2 is 2.25 bits per heavy atom. The highest BCUT2D eigenvalue weighted by Crippen LogP contribution is 2.38. The average molecular weight is 286 g/mol. The van der Waals surface area contributed by atoms with Crippen molar-refractivity contribution in [3.05, 3.63) is 12.2 Å². The predicted octanol–water partition coefficient (Wildman–Crippen LogP) is 3.36. The van der Waals surface area contributed by atoms with E-state index in [1.807, 2.05) is 4.68 Å². The lowest BCUT2D eigenvalue weighted by atomic mass is 10.1. The van der Waals surface area contributed by atoms with E-state index < -0.39 is 0 Å². The Hall–Kier alpha value is -0.380. The van der Waals surface area contributed by atoms with E-state index in [0.717, 1.165) is 23.0 Å². The van der Waals surface area contributed by atoms with Gasteiger partial charge in [-0.3, -0.25) is 0 Å². The van der Waals surface area contributed by atoms with Crippen LogP contribution in [-0.2, 0) is 6.42 Å². The predicted molar refractivity (Wildman–Crippen MR) is 68.8 cm³/mol. The summed E-state index contributed by atoms with van der Waals surface area (Å²) in [6.07, 6.45) is 8.01. The van der Waals surface area contributed by atoms with E-state index >= 15 is 0 Å². The number of aryl methyl sites for hydroxylation is 1. The largest absolute Gasteiger partial charge is 0.248 e. The van der Waals surface area contributed by atoms with Crippen LogP contribution in [0.15, 0.2) is 6.33 Å². The molecule has 3 nitrogen and oxygen atoms in total. The first-order valence-electron chi connectivity index (χ1n) is 6.21. The van der Waals surface area contributed by atoms with E-state index in [-0.39, 0.29) is 0 Å². The number of rotatable bonds is 6. The maximum absolute atomic E-state index is 4.33. The fourth-order valence-electron chi connectivity index (χ4n) is 2.03. The van der Waals surface area contributed by atoms with Crippen molar-refractivity contribution in [1.82, 2.24) is 14.8 Å². The summed E-state index contributed by atoms with van der Waals surface area (Å²) < 4.78 is 2.03. The molecule has 0 bridgehead atoms.